The Morgan fingerprint density at radius 2 is 1.68 bits per heavy atom. The Hall–Kier alpha value is -1.62. The van der Waals surface area contributed by atoms with E-state index < -0.39 is 0 Å². The van der Waals surface area contributed by atoms with E-state index in [2.05, 4.69) is 29.5 Å². The van der Waals surface area contributed by atoms with Gasteiger partial charge in [-0.2, -0.15) is 0 Å². The number of amides is 2. The summed E-state index contributed by atoms with van der Waals surface area (Å²) in [5.41, 5.74) is 0.747. The van der Waals surface area contributed by atoms with Gasteiger partial charge in [0.1, 0.15) is 0 Å². The maximum Gasteiger partial charge on any atom is 0.314 e. The van der Waals surface area contributed by atoms with E-state index >= 15 is 0 Å². The lowest BCUT2D eigenvalue weighted by Crippen LogP contribution is -2.46. The number of carbonyl (C=O) groups is 1. The molecule has 124 valence electrons. The molecule has 3 N–H and O–H groups in total. The van der Waals surface area contributed by atoms with Crippen LogP contribution in [0.2, 0.25) is 0 Å². The molecule has 0 atom stereocenters. The summed E-state index contributed by atoms with van der Waals surface area (Å²) < 4.78 is 0. The highest BCUT2D eigenvalue weighted by molar-refractivity contribution is 5.74. The van der Waals surface area contributed by atoms with Gasteiger partial charge in [0.2, 0.25) is 0 Å². The van der Waals surface area contributed by atoms with E-state index in [-0.39, 0.29) is 23.5 Å². The molecule has 5 nitrogen and oxygen atoms in total. The van der Waals surface area contributed by atoms with E-state index in [1.807, 2.05) is 26.0 Å². The van der Waals surface area contributed by atoms with Gasteiger partial charge < -0.3 is 15.7 Å². The molecule has 1 aromatic rings. The number of aliphatic hydroxyl groups is 1. The molecule has 1 heterocycles. The molecule has 1 aromatic heterocycles. The van der Waals surface area contributed by atoms with Gasteiger partial charge >= 0.3 is 6.03 Å². The van der Waals surface area contributed by atoms with E-state index in [1.165, 1.54) is 0 Å². The molecule has 0 aromatic carbocycles. The van der Waals surface area contributed by atoms with Crippen LogP contribution in [0.1, 0.15) is 46.1 Å². The standard InChI is InChI=1S/C17H29N3O2/c1-5-17(6-2,13-21)12-20-15(22)19-11-16(3,4)14-7-9-18-10-8-14/h7-10,21H,5-6,11-13H2,1-4H3,(H2,19,20,22). The summed E-state index contributed by atoms with van der Waals surface area (Å²) in [6, 6.07) is 3.73. The molecule has 0 unspecified atom stereocenters. The molecule has 0 fully saturated rings. The summed E-state index contributed by atoms with van der Waals surface area (Å²) in [5, 5.41) is 15.3. The van der Waals surface area contributed by atoms with Gasteiger partial charge in [0.05, 0.1) is 6.61 Å². The van der Waals surface area contributed by atoms with Crippen LogP contribution in [0.25, 0.3) is 0 Å². The summed E-state index contributed by atoms with van der Waals surface area (Å²) in [6.07, 6.45) is 5.19. The third-order valence-corrected chi connectivity index (χ3v) is 4.61. The molecule has 0 spiro atoms. The number of hydrogen-bond acceptors (Lipinski definition) is 3. The molecule has 2 amide bonds. The van der Waals surface area contributed by atoms with Crippen molar-refractivity contribution in [2.45, 2.75) is 46.0 Å². The van der Waals surface area contributed by atoms with Gasteiger partial charge in [-0.1, -0.05) is 27.7 Å². The van der Waals surface area contributed by atoms with Crippen molar-refractivity contribution in [3.63, 3.8) is 0 Å². The third kappa shape index (κ3) is 4.98. The van der Waals surface area contributed by atoms with Crippen molar-refractivity contribution in [1.29, 1.82) is 0 Å². The quantitative estimate of drug-likeness (QED) is 0.690. The predicted octanol–water partition coefficient (Wildman–Crippen LogP) is 2.46. The summed E-state index contributed by atoms with van der Waals surface area (Å²) in [4.78, 5) is 16.0. The van der Waals surface area contributed by atoms with Crippen molar-refractivity contribution < 1.29 is 9.90 Å². The maximum absolute atomic E-state index is 12.0. The number of nitrogens with one attached hydrogen (secondary N) is 2. The lowest BCUT2D eigenvalue weighted by molar-refractivity contribution is 0.115. The van der Waals surface area contributed by atoms with Crippen LogP contribution in [0.3, 0.4) is 0 Å². The van der Waals surface area contributed by atoms with Crippen LogP contribution >= 0.6 is 0 Å². The minimum absolute atomic E-state index is 0.0861. The topological polar surface area (TPSA) is 74.2 Å². The fraction of sp³-hybridized carbons (Fsp3) is 0.647. The normalized spacial score (nSPS) is 12.0. The second kappa shape index (κ2) is 8.13. The van der Waals surface area contributed by atoms with E-state index in [1.54, 1.807) is 12.4 Å². The molecular weight excluding hydrogens is 278 g/mol. The Bertz CT molecular complexity index is 448. The summed E-state index contributed by atoms with van der Waals surface area (Å²) >= 11 is 0. The fourth-order valence-corrected chi connectivity index (χ4v) is 2.32. The maximum atomic E-state index is 12.0. The first-order valence-corrected chi connectivity index (χ1v) is 7.92. The van der Waals surface area contributed by atoms with Gasteiger partial charge in [-0.05, 0) is 30.5 Å². The Kier molecular flexibility index (Phi) is 6.81. The number of carbonyl (C=O) groups excluding carboxylic acids is 1. The van der Waals surface area contributed by atoms with Gasteiger partial charge in [0.15, 0.2) is 0 Å². The first-order valence-electron chi connectivity index (χ1n) is 7.92. The molecule has 0 radical (unpaired) electrons. The first-order chi connectivity index (χ1) is 10.4. The first kappa shape index (κ1) is 18.4. The second-order valence-corrected chi connectivity index (χ2v) is 6.52. The number of pyridine rings is 1. The SMILES string of the molecule is CCC(CC)(CO)CNC(=O)NCC(C)(C)c1ccncc1. The minimum Gasteiger partial charge on any atom is -0.396 e. The number of rotatable bonds is 8. The molecule has 5 heteroatoms. The highest BCUT2D eigenvalue weighted by Crippen LogP contribution is 2.24. The van der Waals surface area contributed by atoms with Crippen LogP contribution in [-0.2, 0) is 5.41 Å². The van der Waals surface area contributed by atoms with Crippen LogP contribution in [0.15, 0.2) is 24.5 Å². The highest BCUT2D eigenvalue weighted by Gasteiger charge is 2.26. The predicted molar refractivity (Wildman–Crippen MR) is 88.8 cm³/mol. The van der Waals surface area contributed by atoms with E-state index in [4.69, 9.17) is 0 Å². The molecule has 0 aliphatic heterocycles. The fourth-order valence-electron chi connectivity index (χ4n) is 2.32. The zero-order chi connectivity index (χ0) is 16.6. The monoisotopic (exact) mass is 307 g/mol. The van der Waals surface area contributed by atoms with Crippen LogP contribution in [-0.4, -0.2) is 35.8 Å². The highest BCUT2D eigenvalue weighted by atomic mass is 16.3. The van der Waals surface area contributed by atoms with Crippen LogP contribution in [0, 0.1) is 5.41 Å². The molecule has 0 bridgehead atoms. The van der Waals surface area contributed by atoms with Crippen LogP contribution in [0.4, 0.5) is 4.79 Å². The number of urea groups is 1. The van der Waals surface area contributed by atoms with Crippen LogP contribution < -0.4 is 10.6 Å². The number of hydrogen-bond donors (Lipinski definition) is 3. The Balaban J connectivity index is 2.49. The van der Waals surface area contributed by atoms with Gasteiger partial charge in [0, 0.05) is 36.3 Å². The van der Waals surface area contributed by atoms with Crippen molar-refractivity contribution in [2.24, 2.45) is 5.41 Å². The van der Waals surface area contributed by atoms with Gasteiger partial charge in [0.25, 0.3) is 0 Å². The van der Waals surface area contributed by atoms with E-state index in [0.717, 1.165) is 18.4 Å². The Labute approximate surface area is 133 Å². The third-order valence-electron chi connectivity index (χ3n) is 4.61. The van der Waals surface area contributed by atoms with Crippen molar-refractivity contribution in [3.8, 4) is 0 Å². The average molecular weight is 307 g/mol. The summed E-state index contributed by atoms with van der Waals surface area (Å²) in [5.74, 6) is 0. The minimum atomic E-state index is -0.224. The second-order valence-electron chi connectivity index (χ2n) is 6.52. The van der Waals surface area contributed by atoms with Gasteiger partial charge in [-0.3, -0.25) is 4.98 Å². The van der Waals surface area contributed by atoms with Gasteiger partial charge in [-0.25, -0.2) is 4.79 Å². The van der Waals surface area contributed by atoms with E-state index in [9.17, 15) is 9.90 Å². The molecule has 22 heavy (non-hydrogen) atoms. The van der Waals surface area contributed by atoms with Crippen LogP contribution in [0.5, 0.6) is 0 Å². The largest absolute Gasteiger partial charge is 0.396 e. The van der Waals surface area contributed by atoms with Crippen molar-refractivity contribution in [1.82, 2.24) is 15.6 Å². The molecule has 0 aliphatic rings. The average Bonchev–Trinajstić information content (AvgIpc) is 2.56. The van der Waals surface area contributed by atoms with Crippen molar-refractivity contribution >= 4 is 6.03 Å². The number of nitrogens with zero attached hydrogens (tertiary/aromatic N) is 1. The zero-order valence-corrected chi connectivity index (χ0v) is 14.1. The molecule has 1 rings (SSSR count). The molecular formula is C17H29N3O2. The van der Waals surface area contributed by atoms with Gasteiger partial charge in [-0.15, -0.1) is 0 Å². The molecule has 0 saturated heterocycles. The summed E-state index contributed by atoms with van der Waals surface area (Å²) in [7, 11) is 0. The lowest BCUT2D eigenvalue weighted by atomic mass is 9.83. The zero-order valence-electron chi connectivity index (χ0n) is 14.1. The Morgan fingerprint density at radius 3 is 2.18 bits per heavy atom. The summed E-state index contributed by atoms with van der Waals surface area (Å²) in [6.45, 7) is 9.34. The number of aliphatic hydroxyl groups excluding tert-OH is 1. The number of aromatic nitrogens is 1. The molecule has 0 saturated carbocycles. The molecule has 0 aliphatic carbocycles. The lowest BCUT2D eigenvalue weighted by Gasteiger charge is -2.30. The van der Waals surface area contributed by atoms with Crippen molar-refractivity contribution in [2.75, 3.05) is 19.7 Å². The van der Waals surface area contributed by atoms with Crippen molar-refractivity contribution in [3.05, 3.63) is 30.1 Å². The Morgan fingerprint density at radius 1 is 1.14 bits per heavy atom. The van der Waals surface area contributed by atoms with E-state index in [0.29, 0.717) is 13.1 Å². The smallest absolute Gasteiger partial charge is 0.314 e.